The number of ether oxygens (including phenoxy) is 1. The van der Waals surface area contributed by atoms with Crippen molar-refractivity contribution in [1.29, 1.82) is 0 Å². The van der Waals surface area contributed by atoms with Crippen LogP contribution in [0.1, 0.15) is 13.8 Å². The van der Waals surface area contributed by atoms with Gasteiger partial charge in [0.05, 0.1) is 22.0 Å². The normalized spacial score (nSPS) is 21.7. The number of sulfonamides is 2. The number of rotatable bonds is 5. The molecule has 1 N–H and O–H groups in total. The van der Waals surface area contributed by atoms with E-state index >= 15 is 0 Å². The smallest absolute Gasteiger partial charge is 0.261 e. The van der Waals surface area contributed by atoms with Crippen molar-refractivity contribution < 1.29 is 21.6 Å². The Kier molecular flexibility index (Phi) is 5.57. The zero-order valence-corrected chi connectivity index (χ0v) is 16.7. The third kappa shape index (κ3) is 4.49. The minimum Gasteiger partial charge on any atom is -0.373 e. The molecular weight excluding hydrogens is 388 g/mol. The van der Waals surface area contributed by atoms with Gasteiger partial charge in [-0.15, -0.1) is 0 Å². The second kappa shape index (κ2) is 7.59. The van der Waals surface area contributed by atoms with Gasteiger partial charge in [0.25, 0.3) is 10.0 Å². The molecule has 0 radical (unpaired) electrons. The molecule has 3 rings (SSSR count). The highest BCUT2D eigenvalue weighted by atomic mass is 32.2. The van der Waals surface area contributed by atoms with Gasteiger partial charge in [0.15, 0.2) is 0 Å². The first kappa shape index (κ1) is 19.8. The summed E-state index contributed by atoms with van der Waals surface area (Å²) in [5.74, 6) is 0. The van der Waals surface area contributed by atoms with Crippen molar-refractivity contribution in [3.8, 4) is 0 Å². The molecule has 0 aliphatic carbocycles. The Labute approximate surface area is 160 Å². The summed E-state index contributed by atoms with van der Waals surface area (Å²) in [5.41, 5.74) is 0.293. The van der Waals surface area contributed by atoms with Crippen molar-refractivity contribution in [1.82, 2.24) is 4.31 Å². The van der Waals surface area contributed by atoms with E-state index in [0.29, 0.717) is 5.69 Å². The highest BCUT2D eigenvalue weighted by Gasteiger charge is 2.32. The maximum absolute atomic E-state index is 12.8. The van der Waals surface area contributed by atoms with E-state index in [9.17, 15) is 16.8 Å². The Bertz CT molecular complexity index is 980. The van der Waals surface area contributed by atoms with Gasteiger partial charge in [0, 0.05) is 18.8 Å². The predicted molar refractivity (Wildman–Crippen MR) is 102 cm³/mol. The van der Waals surface area contributed by atoms with Gasteiger partial charge in [-0.3, -0.25) is 4.72 Å². The van der Waals surface area contributed by atoms with Gasteiger partial charge in [0.1, 0.15) is 0 Å². The zero-order chi connectivity index (χ0) is 19.7. The van der Waals surface area contributed by atoms with Gasteiger partial charge >= 0.3 is 0 Å². The summed E-state index contributed by atoms with van der Waals surface area (Å²) >= 11 is 0. The summed E-state index contributed by atoms with van der Waals surface area (Å²) in [7, 11) is -7.39. The Morgan fingerprint density at radius 2 is 1.41 bits per heavy atom. The predicted octanol–water partition coefficient (Wildman–Crippen LogP) is 2.29. The summed E-state index contributed by atoms with van der Waals surface area (Å²) in [6.07, 6.45) is -0.360. The molecule has 146 valence electrons. The van der Waals surface area contributed by atoms with E-state index < -0.39 is 20.0 Å². The van der Waals surface area contributed by atoms with Crippen LogP contribution < -0.4 is 4.72 Å². The van der Waals surface area contributed by atoms with E-state index in [-0.39, 0.29) is 35.1 Å². The third-order valence-corrected chi connectivity index (χ3v) is 7.43. The molecule has 0 bridgehead atoms. The summed E-state index contributed by atoms with van der Waals surface area (Å²) in [5, 5.41) is 0. The first-order chi connectivity index (χ1) is 12.7. The van der Waals surface area contributed by atoms with E-state index in [1.54, 1.807) is 18.2 Å². The fraction of sp³-hybridized carbons (Fsp3) is 0.333. The molecule has 2 aromatic rings. The fourth-order valence-corrected chi connectivity index (χ4v) is 5.65. The van der Waals surface area contributed by atoms with Gasteiger partial charge in [-0.1, -0.05) is 18.2 Å². The number of nitrogens with zero attached hydrogens (tertiary/aromatic N) is 1. The molecular formula is C18H22N2O5S2. The van der Waals surface area contributed by atoms with Crippen LogP contribution in [0.15, 0.2) is 64.4 Å². The molecule has 0 saturated carbocycles. The monoisotopic (exact) mass is 410 g/mol. The molecule has 2 aromatic carbocycles. The van der Waals surface area contributed by atoms with E-state index in [0.717, 1.165) is 0 Å². The highest BCUT2D eigenvalue weighted by Crippen LogP contribution is 2.23. The Morgan fingerprint density at radius 1 is 0.852 bits per heavy atom. The SMILES string of the molecule is C[C@H]1CN(S(=O)(=O)c2ccc(NS(=O)(=O)c3ccccc3)cc2)C[C@H](C)O1. The molecule has 7 nitrogen and oxygen atoms in total. The largest absolute Gasteiger partial charge is 0.373 e. The van der Waals surface area contributed by atoms with Gasteiger partial charge in [-0.25, -0.2) is 16.8 Å². The van der Waals surface area contributed by atoms with E-state index in [4.69, 9.17) is 4.74 Å². The average molecular weight is 411 g/mol. The van der Waals surface area contributed by atoms with Crippen LogP contribution in [0.2, 0.25) is 0 Å². The van der Waals surface area contributed by atoms with Crippen molar-refractivity contribution in [2.75, 3.05) is 17.8 Å². The van der Waals surface area contributed by atoms with Crippen LogP contribution in [-0.4, -0.2) is 46.4 Å². The minimum absolute atomic E-state index is 0.117. The van der Waals surface area contributed by atoms with Crippen LogP contribution in [0, 0.1) is 0 Å². The molecule has 0 amide bonds. The number of morpholine rings is 1. The second-order valence-corrected chi connectivity index (χ2v) is 10.1. The van der Waals surface area contributed by atoms with Crippen molar-refractivity contribution in [3.63, 3.8) is 0 Å². The fourth-order valence-electron chi connectivity index (χ4n) is 2.98. The molecule has 0 unspecified atom stereocenters. The molecule has 1 heterocycles. The first-order valence-corrected chi connectivity index (χ1v) is 11.4. The lowest BCUT2D eigenvalue weighted by Crippen LogP contribution is -2.48. The molecule has 2 atom stereocenters. The molecule has 1 fully saturated rings. The highest BCUT2D eigenvalue weighted by molar-refractivity contribution is 7.92. The van der Waals surface area contributed by atoms with Gasteiger partial charge in [-0.05, 0) is 50.2 Å². The molecule has 9 heteroatoms. The number of anilines is 1. The van der Waals surface area contributed by atoms with Crippen LogP contribution in [-0.2, 0) is 24.8 Å². The number of hydrogen-bond acceptors (Lipinski definition) is 5. The molecule has 1 saturated heterocycles. The van der Waals surface area contributed by atoms with Crippen LogP contribution in [0.4, 0.5) is 5.69 Å². The third-order valence-electron chi connectivity index (χ3n) is 4.18. The maximum atomic E-state index is 12.8. The van der Waals surface area contributed by atoms with Gasteiger partial charge in [-0.2, -0.15) is 4.31 Å². The van der Waals surface area contributed by atoms with Crippen LogP contribution >= 0.6 is 0 Å². The number of benzene rings is 2. The van der Waals surface area contributed by atoms with Gasteiger partial charge < -0.3 is 4.74 Å². The van der Waals surface area contributed by atoms with Crippen LogP contribution in [0.3, 0.4) is 0 Å². The Hall–Kier alpha value is -1.94. The second-order valence-electron chi connectivity index (χ2n) is 6.52. The Morgan fingerprint density at radius 3 is 1.96 bits per heavy atom. The lowest BCUT2D eigenvalue weighted by Gasteiger charge is -2.34. The van der Waals surface area contributed by atoms with Gasteiger partial charge in [0.2, 0.25) is 10.0 Å². The molecule has 0 aromatic heterocycles. The molecule has 1 aliphatic heterocycles. The summed E-state index contributed by atoms with van der Waals surface area (Å²) in [4.78, 5) is 0.254. The number of nitrogens with one attached hydrogen (secondary N) is 1. The van der Waals surface area contributed by atoms with Crippen LogP contribution in [0.25, 0.3) is 0 Å². The minimum atomic E-state index is -3.72. The maximum Gasteiger partial charge on any atom is 0.261 e. The van der Waals surface area contributed by atoms with Crippen molar-refractivity contribution in [3.05, 3.63) is 54.6 Å². The average Bonchev–Trinajstić information content (AvgIpc) is 2.62. The quantitative estimate of drug-likeness (QED) is 0.816. The van der Waals surface area contributed by atoms with E-state index in [1.807, 2.05) is 13.8 Å². The molecule has 1 aliphatic rings. The van der Waals surface area contributed by atoms with Crippen molar-refractivity contribution in [2.24, 2.45) is 0 Å². The first-order valence-electron chi connectivity index (χ1n) is 8.52. The summed E-state index contributed by atoms with van der Waals surface area (Å²) < 4.78 is 59.8. The Balaban J connectivity index is 1.79. The summed E-state index contributed by atoms with van der Waals surface area (Å²) in [6, 6.07) is 13.7. The molecule has 0 spiro atoms. The topological polar surface area (TPSA) is 92.8 Å². The standard InChI is InChI=1S/C18H22N2O5S2/c1-14-12-20(13-15(2)25-14)27(23,24)18-10-8-16(9-11-18)19-26(21,22)17-6-4-3-5-7-17/h3-11,14-15,19H,12-13H2,1-2H3/t14-,15-/m0/s1. The van der Waals surface area contributed by atoms with Crippen molar-refractivity contribution >= 4 is 25.7 Å². The van der Waals surface area contributed by atoms with Crippen molar-refractivity contribution in [2.45, 2.75) is 35.8 Å². The van der Waals surface area contributed by atoms with E-state index in [1.165, 1.54) is 40.7 Å². The lowest BCUT2D eigenvalue weighted by molar-refractivity contribution is -0.0440. The molecule has 27 heavy (non-hydrogen) atoms. The lowest BCUT2D eigenvalue weighted by atomic mass is 10.3. The summed E-state index contributed by atoms with van der Waals surface area (Å²) in [6.45, 7) is 4.24. The zero-order valence-electron chi connectivity index (χ0n) is 15.1. The van der Waals surface area contributed by atoms with E-state index in [2.05, 4.69) is 4.72 Å². The number of hydrogen-bond donors (Lipinski definition) is 1. The van der Waals surface area contributed by atoms with Crippen LogP contribution in [0.5, 0.6) is 0 Å².